The average molecular weight is 449 g/mol. The number of amides is 1. The molecular weight excluding hydrogens is 420 g/mol. The highest BCUT2D eigenvalue weighted by atomic mass is 32.1. The number of para-hydroxylation sites is 1. The van der Waals surface area contributed by atoms with Crippen LogP contribution < -0.4 is 5.32 Å². The second-order valence-corrected chi connectivity index (χ2v) is 9.45. The van der Waals surface area contributed by atoms with Crippen molar-refractivity contribution < 1.29 is 9.53 Å². The molecule has 0 spiro atoms. The van der Waals surface area contributed by atoms with Crippen LogP contribution >= 0.6 is 11.3 Å². The van der Waals surface area contributed by atoms with Gasteiger partial charge >= 0.3 is 0 Å². The fourth-order valence-corrected chi connectivity index (χ4v) is 6.02. The van der Waals surface area contributed by atoms with E-state index in [-0.39, 0.29) is 5.91 Å². The monoisotopic (exact) mass is 448 g/mol. The van der Waals surface area contributed by atoms with Gasteiger partial charge in [0, 0.05) is 68.4 Å². The van der Waals surface area contributed by atoms with E-state index >= 15 is 0 Å². The number of benzene rings is 1. The van der Waals surface area contributed by atoms with Crippen LogP contribution in [0.2, 0.25) is 0 Å². The van der Waals surface area contributed by atoms with E-state index < -0.39 is 0 Å². The van der Waals surface area contributed by atoms with Crippen molar-refractivity contribution >= 4 is 38.4 Å². The van der Waals surface area contributed by atoms with Gasteiger partial charge in [0.2, 0.25) is 0 Å². The number of hydrogen-bond donors (Lipinski definition) is 1. The van der Waals surface area contributed by atoms with Crippen molar-refractivity contribution in [1.29, 1.82) is 0 Å². The molecule has 166 valence electrons. The molecule has 1 atom stereocenters. The minimum Gasteiger partial charge on any atom is -0.383 e. The molecule has 3 aromatic heterocycles. The third-order valence-electron chi connectivity index (χ3n) is 6.36. The van der Waals surface area contributed by atoms with Crippen molar-refractivity contribution in [3.63, 3.8) is 0 Å². The summed E-state index contributed by atoms with van der Waals surface area (Å²) in [5.41, 5.74) is 3.79. The van der Waals surface area contributed by atoms with E-state index in [2.05, 4.69) is 63.3 Å². The number of aryl methyl sites for hydroxylation is 1. The molecule has 0 bridgehead atoms. The van der Waals surface area contributed by atoms with Crippen LogP contribution in [0.5, 0.6) is 0 Å². The Morgan fingerprint density at radius 1 is 1.25 bits per heavy atom. The summed E-state index contributed by atoms with van der Waals surface area (Å²) in [5.74, 6) is 0.304. The topological polar surface area (TPSA) is 59.4 Å². The third-order valence-corrected chi connectivity index (χ3v) is 7.48. The Kier molecular flexibility index (Phi) is 5.95. The van der Waals surface area contributed by atoms with Gasteiger partial charge in [0.25, 0.3) is 5.91 Å². The highest BCUT2D eigenvalue weighted by Crippen LogP contribution is 2.40. The Hall–Kier alpha value is -2.74. The molecule has 4 aromatic rings. The normalized spacial score (nSPS) is 16.9. The number of carbonyl (C=O) groups excluding carboxylic acids is 1. The van der Waals surface area contributed by atoms with Crippen molar-refractivity contribution in [2.24, 2.45) is 7.05 Å². The molecule has 1 aliphatic heterocycles. The molecule has 1 amide bonds. The Morgan fingerprint density at radius 2 is 2.09 bits per heavy atom. The number of fused-ring (bicyclic) bond motifs is 2. The van der Waals surface area contributed by atoms with Gasteiger partial charge in [0.1, 0.15) is 4.83 Å². The van der Waals surface area contributed by atoms with Gasteiger partial charge < -0.3 is 14.6 Å². The van der Waals surface area contributed by atoms with E-state index in [1.54, 1.807) is 13.3 Å². The first-order chi connectivity index (χ1) is 15.7. The zero-order valence-corrected chi connectivity index (χ0v) is 19.3. The molecule has 32 heavy (non-hydrogen) atoms. The number of carbonyl (C=O) groups is 1. The molecule has 0 saturated carbocycles. The van der Waals surface area contributed by atoms with E-state index in [1.165, 1.54) is 27.8 Å². The Labute approximate surface area is 191 Å². The molecule has 5 rings (SSSR count). The van der Waals surface area contributed by atoms with Gasteiger partial charge in [-0.25, -0.2) is 4.98 Å². The van der Waals surface area contributed by atoms with E-state index in [9.17, 15) is 4.79 Å². The van der Waals surface area contributed by atoms with E-state index in [0.29, 0.717) is 19.1 Å². The zero-order chi connectivity index (χ0) is 22.1. The summed E-state index contributed by atoms with van der Waals surface area (Å²) < 4.78 is 7.29. The van der Waals surface area contributed by atoms with Crippen molar-refractivity contribution in [2.75, 3.05) is 33.4 Å². The fourth-order valence-electron chi connectivity index (χ4n) is 4.88. The first-order valence-corrected chi connectivity index (χ1v) is 11.9. The van der Waals surface area contributed by atoms with Crippen molar-refractivity contribution in [3.05, 3.63) is 64.8 Å². The number of methoxy groups -OCH3 is 1. The SMILES string of the molecule is COCCNC(=O)c1sc2ncccc2c1[C@H]1CCN(Cc2cn(C)c3ccccc23)C1. The molecule has 1 aromatic carbocycles. The first kappa shape index (κ1) is 21.1. The van der Waals surface area contributed by atoms with E-state index in [1.807, 2.05) is 6.07 Å². The lowest BCUT2D eigenvalue weighted by Gasteiger charge is -2.16. The van der Waals surface area contributed by atoms with Gasteiger partial charge in [0.15, 0.2) is 0 Å². The number of aromatic nitrogens is 2. The average Bonchev–Trinajstić information content (AvgIpc) is 3.50. The molecule has 4 heterocycles. The maximum Gasteiger partial charge on any atom is 0.261 e. The van der Waals surface area contributed by atoms with Crippen LogP contribution in [0.15, 0.2) is 48.8 Å². The maximum atomic E-state index is 13.0. The molecule has 0 unspecified atom stereocenters. The number of likely N-dealkylation sites (tertiary alicyclic amines) is 1. The lowest BCUT2D eigenvalue weighted by atomic mass is 9.95. The predicted molar refractivity (Wildman–Crippen MR) is 129 cm³/mol. The predicted octanol–water partition coefficient (Wildman–Crippen LogP) is 4.15. The van der Waals surface area contributed by atoms with Gasteiger partial charge in [0.05, 0.1) is 11.5 Å². The van der Waals surface area contributed by atoms with Crippen LogP contribution in [0.3, 0.4) is 0 Å². The molecule has 1 aliphatic rings. The quantitative estimate of drug-likeness (QED) is 0.432. The lowest BCUT2D eigenvalue weighted by Crippen LogP contribution is -2.27. The van der Waals surface area contributed by atoms with Crippen LogP contribution in [0.1, 0.15) is 33.1 Å². The van der Waals surface area contributed by atoms with Crippen LogP contribution in [0.25, 0.3) is 21.1 Å². The summed E-state index contributed by atoms with van der Waals surface area (Å²) in [6, 6.07) is 12.6. The summed E-state index contributed by atoms with van der Waals surface area (Å²) >= 11 is 1.50. The van der Waals surface area contributed by atoms with Crippen LogP contribution in [-0.4, -0.2) is 53.7 Å². The minimum absolute atomic E-state index is 0.0208. The molecule has 1 saturated heterocycles. The second-order valence-electron chi connectivity index (χ2n) is 8.45. The molecule has 0 aliphatic carbocycles. The minimum atomic E-state index is -0.0208. The third kappa shape index (κ3) is 3.92. The number of pyridine rings is 1. The Balaban J connectivity index is 1.40. The van der Waals surface area contributed by atoms with Crippen molar-refractivity contribution in [1.82, 2.24) is 19.8 Å². The second kappa shape index (κ2) is 9.02. The van der Waals surface area contributed by atoms with Crippen molar-refractivity contribution in [2.45, 2.75) is 18.9 Å². The van der Waals surface area contributed by atoms with Gasteiger partial charge in [-0.3, -0.25) is 9.69 Å². The van der Waals surface area contributed by atoms with Crippen LogP contribution in [0, 0.1) is 0 Å². The van der Waals surface area contributed by atoms with E-state index in [4.69, 9.17) is 4.74 Å². The Morgan fingerprint density at radius 3 is 2.97 bits per heavy atom. The van der Waals surface area contributed by atoms with Crippen molar-refractivity contribution in [3.8, 4) is 0 Å². The number of rotatable bonds is 7. The number of ether oxygens (including phenoxy) is 1. The van der Waals surface area contributed by atoms with Gasteiger partial charge in [-0.1, -0.05) is 24.3 Å². The summed E-state index contributed by atoms with van der Waals surface area (Å²) in [4.78, 5) is 21.8. The molecule has 7 heteroatoms. The maximum absolute atomic E-state index is 13.0. The summed E-state index contributed by atoms with van der Waals surface area (Å²) in [6.07, 6.45) is 5.09. The number of hydrogen-bond acceptors (Lipinski definition) is 5. The lowest BCUT2D eigenvalue weighted by molar-refractivity contribution is 0.0940. The molecular formula is C25H28N4O2S. The standard InChI is InChI=1S/C25H28N4O2S/c1-28-14-18(19-6-3-4-8-21(19)28)16-29-12-9-17(15-29)22-20-7-5-10-27-25(20)32-23(22)24(30)26-11-13-31-2/h3-8,10,14,17H,9,11-13,15-16H2,1-2H3,(H,26,30)/t17-/m0/s1. The molecule has 6 nitrogen and oxygen atoms in total. The Bertz CT molecular complexity index is 1260. The van der Waals surface area contributed by atoms with Gasteiger partial charge in [-0.2, -0.15) is 0 Å². The van der Waals surface area contributed by atoms with Crippen LogP contribution in [0.4, 0.5) is 0 Å². The highest BCUT2D eigenvalue weighted by Gasteiger charge is 2.31. The van der Waals surface area contributed by atoms with Gasteiger partial charge in [-0.05, 0) is 36.2 Å². The number of nitrogens with one attached hydrogen (secondary N) is 1. The highest BCUT2D eigenvalue weighted by molar-refractivity contribution is 7.20. The first-order valence-electron chi connectivity index (χ1n) is 11.1. The van der Waals surface area contributed by atoms with Gasteiger partial charge in [-0.15, -0.1) is 11.3 Å². The van der Waals surface area contributed by atoms with Crippen LogP contribution in [-0.2, 0) is 18.3 Å². The molecule has 1 N–H and O–H groups in total. The largest absolute Gasteiger partial charge is 0.383 e. The molecule has 1 fully saturated rings. The summed E-state index contributed by atoms with van der Waals surface area (Å²) in [5, 5.41) is 5.44. The molecule has 0 radical (unpaired) electrons. The zero-order valence-electron chi connectivity index (χ0n) is 18.5. The smallest absolute Gasteiger partial charge is 0.261 e. The summed E-state index contributed by atoms with van der Waals surface area (Å²) in [6.45, 7) is 3.91. The fraction of sp³-hybridized carbons (Fsp3) is 0.360. The van der Waals surface area contributed by atoms with E-state index in [0.717, 1.165) is 46.7 Å². The summed E-state index contributed by atoms with van der Waals surface area (Å²) in [7, 11) is 3.75. The number of thiophene rings is 1. The number of nitrogens with zero attached hydrogens (tertiary/aromatic N) is 3.